The van der Waals surface area contributed by atoms with Crippen LogP contribution in [0.5, 0.6) is 0 Å². The van der Waals surface area contributed by atoms with Crippen molar-refractivity contribution in [3.8, 4) is 0 Å². The molecule has 0 aliphatic carbocycles. The van der Waals surface area contributed by atoms with E-state index in [0.717, 1.165) is 27.7 Å². The summed E-state index contributed by atoms with van der Waals surface area (Å²) in [5.41, 5.74) is 4.34. The van der Waals surface area contributed by atoms with Gasteiger partial charge in [-0.2, -0.15) is 0 Å². The largest absolute Gasteiger partial charge is 0.358 e. The zero-order valence-corrected chi connectivity index (χ0v) is 12.0. The minimum Gasteiger partial charge on any atom is -0.358 e. The van der Waals surface area contributed by atoms with Crippen molar-refractivity contribution in [1.82, 2.24) is 10.3 Å². The maximum Gasteiger partial charge on any atom is 0.224 e. The first-order valence-electron chi connectivity index (χ1n) is 7.11. The monoisotopic (exact) mass is 278 g/mol. The second-order valence-electron chi connectivity index (χ2n) is 5.21. The van der Waals surface area contributed by atoms with E-state index < -0.39 is 0 Å². The molecule has 0 atom stereocenters. The summed E-state index contributed by atoms with van der Waals surface area (Å²) in [5.74, 6) is 0.0479. The normalized spacial score (nSPS) is 10.7. The zero-order valence-electron chi connectivity index (χ0n) is 12.0. The molecule has 0 saturated heterocycles. The van der Waals surface area contributed by atoms with E-state index in [0.29, 0.717) is 13.0 Å². The Kier molecular flexibility index (Phi) is 3.73. The molecule has 1 amide bonds. The summed E-state index contributed by atoms with van der Waals surface area (Å²) in [4.78, 5) is 15.5. The third kappa shape index (κ3) is 2.97. The Balaban J connectivity index is 1.70. The smallest absolute Gasteiger partial charge is 0.224 e. The molecular weight excluding hydrogens is 260 g/mol. The van der Waals surface area contributed by atoms with Gasteiger partial charge in [0.2, 0.25) is 5.91 Å². The number of aryl methyl sites for hydroxylation is 1. The minimum atomic E-state index is 0.0479. The number of aromatic amines is 1. The van der Waals surface area contributed by atoms with Crippen LogP contribution >= 0.6 is 0 Å². The molecule has 2 N–H and O–H groups in total. The third-order valence-corrected chi connectivity index (χ3v) is 3.70. The fraction of sp³-hybridized carbons (Fsp3) is 0.167. The highest BCUT2D eigenvalue weighted by molar-refractivity contribution is 5.90. The molecule has 0 spiro atoms. The van der Waals surface area contributed by atoms with Gasteiger partial charge in [-0.15, -0.1) is 0 Å². The highest BCUT2D eigenvalue weighted by Gasteiger charge is 2.11. The number of rotatable bonds is 4. The first kappa shape index (κ1) is 13.4. The first-order chi connectivity index (χ1) is 10.2. The maximum absolute atomic E-state index is 12.2. The van der Waals surface area contributed by atoms with Crippen molar-refractivity contribution in [2.75, 3.05) is 0 Å². The number of H-pyrrole nitrogens is 1. The Bertz CT molecular complexity index is 759. The van der Waals surface area contributed by atoms with Crippen molar-refractivity contribution < 1.29 is 4.79 Å². The molecule has 0 radical (unpaired) electrons. The van der Waals surface area contributed by atoms with Crippen LogP contribution in [-0.4, -0.2) is 10.9 Å². The average Bonchev–Trinajstić information content (AvgIpc) is 2.82. The molecule has 0 aliphatic rings. The van der Waals surface area contributed by atoms with Crippen molar-refractivity contribution in [1.29, 1.82) is 0 Å². The van der Waals surface area contributed by atoms with E-state index in [4.69, 9.17) is 0 Å². The molecule has 106 valence electrons. The number of carbonyl (C=O) groups excluding carboxylic acids is 1. The lowest BCUT2D eigenvalue weighted by Gasteiger charge is -2.06. The lowest BCUT2D eigenvalue weighted by molar-refractivity contribution is -0.120. The van der Waals surface area contributed by atoms with E-state index in [2.05, 4.69) is 16.4 Å². The van der Waals surface area contributed by atoms with E-state index in [9.17, 15) is 4.79 Å². The summed E-state index contributed by atoms with van der Waals surface area (Å²) >= 11 is 0. The number of benzene rings is 2. The van der Waals surface area contributed by atoms with Gasteiger partial charge in [0.05, 0.1) is 6.42 Å². The van der Waals surface area contributed by atoms with E-state index >= 15 is 0 Å². The topological polar surface area (TPSA) is 44.9 Å². The van der Waals surface area contributed by atoms with E-state index in [1.54, 1.807) is 0 Å². The van der Waals surface area contributed by atoms with Crippen LogP contribution in [0.25, 0.3) is 10.9 Å². The molecule has 0 unspecified atom stereocenters. The molecule has 1 heterocycles. The molecule has 0 fully saturated rings. The third-order valence-electron chi connectivity index (χ3n) is 3.70. The van der Waals surface area contributed by atoms with Crippen LogP contribution in [0.15, 0.2) is 54.6 Å². The van der Waals surface area contributed by atoms with Gasteiger partial charge in [0.25, 0.3) is 0 Å². The predicted molar refractivity (Wildman–Crippen MR) is 85.0 cm³/mol. The molecule has 0 saturated carbocycles. The Morgan fingerprint density at radius 3 is 2.57 bits per heavy atom. The fourth-order valence-electron chi connectivity index (χ4n) is 2.58. The fourth-order valence-corrected chi connectivity index (χ4v) is 2.58. The average molecular weight is 278 g/mol. The quantitative estimate of drug-likeness (QED) is 0.755. The van der Waals surface area contributed by atoms with Gasteiger partial charge in [-0.1, -0.05) is 48.5 Å². The molecular formula is C18H18N2O. The Hall–Kier alpha value is -2.55. The SMILES string of the molecule is Cc1[nH]c2ccccc2c1CC(=O)NCc1ccccc1. The van der Waals surface area contributed by atoms with Gasteiger partial charge in [-0.05, 0) is 24.1 Å². The standard InChI is InChI=1S/C18H18N2O/c1-13-16(15-9-5-6-10-17(15)20-13)11-18(21)19-12-14-7-3-2-4-8-14/h2-10,20H,11-12H2,1H3,(H,19,21). The van der Waals surface area contributed by atoms with Gasteiger partial charge in [-0.3, -0.25) is 4.79 Å². The Labute approximate surface area is 124 Å². The van der Waals surface area contributed by atoms with E-state index in [1.165, 1.54) is 0 Å². The summed E-state index contributed by atoms with van der Waals surface area (Å²) in [7, 11) is 0. The van der Waals surface area contributed by atoms with Crippen LogP contribution in [-0.2, 0) is 17.8 Å². The molecule has 0 aliphatic heterocycles. The molecule has 2 aromatic carbocycles. The molecule has 1 aromatic heterocycles. The van der Waals surface area contributed by atoms with Crippen molar-refractivity contribution in [3.63, 3.8) is 0 Å². The van der Waals surface area contributed by atoms with Crippen LogP contribution < -0.4 is 5.32 Å². The summed E-state index contributed by atoms with van der Waals surface area (Å²) in [6, 6.07) is 18.0. The lowest BCUT2D eigenvalue weighted by atomic mass is 10.1. The molecule has 3 heteroatoms. The van der Waals surface area contributed by atoms with Gasteiger partial charge in [-0.25, -0.2) is 0 Å². The van der Waals surface area contributed by atoms with Crippen LogP contribution in [0.3, 0.4) is 0 Å². The summed E-state index contributed by atoms with van der Waals surface area (Å²) in [5, 5.41) is 4.11. The van der Waals surface area contributed by atoms with E-state index in [-0.39, 0.29) is 5.91 Å². The van der Waals surface area contributed by atoms with Gasteiger partial charge in [0.1, 0.15) is 0 Å². The molecule has 3 nitrogen and oxygen atoms in total. The van der Waals surface area contributed by atoms with Gasteiger partial charge >= 0.3 is 0 Å². The number of amides is 1. The predicted octanol–water partition coefficient (Wildman–Crippen LogP) is 3.34. The van der Waals surface area contributed by atoms with Crippen molar-refractivity contribution in [2.45, 2.75) is 19.9 Å². The van der Waals surface area contributed by atoms with Gasteiger partial charge in [0.15, 0.2) is 0 Å². The summed E-state index contributed by atoms with van der Waals surface area (Å²) in [6.07, 6.45) is 0.405. The summed E-state index contributed by atoms with van der Waals surface area (Å²) < 4.78 is 0. The number of hydrogen-bond acceptors (Lipinski definition) is 1. The minimum absolute atomic E-state index is 0.0479. The molecule has 21 heavy (non-hydrogen) atoms. The van der Waals surface area contributed by atoms with Crippen molar-refractivity contribution >= 4 is 16.8 Å². The molecule has 3 aromatic rings. The van der Waals surface area contributed by atoms with Crippen LogP contribution in [0, 0.1) is 6.92 Å². The number of nitrogens with one attached hydrogen (secondary N) is 2. The lowest BCUT2D eigenvalue weighted by Crippen LogP contribution is -2.24. The maximum atomic E-state index is 12.2. The zero-order chi connectivity index (χ0) is 14.7. The van der Waals surface area contributed by atoms with Gasteiger partial charge < -0.3 is 10.3 Å². The van der Waals surface area contributed by atoms with Crippen molar-refractivity contribution in [3.05, 3.63) is 71.4 Å². The number of para-hydroxylation sites is 1. The summed E-state index contributed by atoms with van der Waals surface area (Å²) in [6.45, 7) is 2.58. The van der Waals surface area contributed by atoms with Crippen LogP contribution in [0.1, 0.15) is 16.8 Å². The Morgan fingerprint density at radius 1 is 1.05 bits per heavy atom. The highest BCUT2D eigenvalue weighted by atomic mass is 16.1. The highest BCUT2D eigenvalue weighted by Crippen LogP contribution is 2.22. The molecule has 3 rings (SSSR count). The molecule has 0 bridgehead atoms. The first-order valence-corrected chi connectivity index (χ1v) is 7.11. The van der Waals surface area contributed by atoms with E-state index in [1.807, 2.05) is 55.5 Å². The number of fused-ring (bicyclic) bond motifs is 1. The van der Waals surface area contributed by atoms with Crippen LogP contribution in [0.4, 0.5) is 0 Å². The van der Waals surface area contributed by atoms with Crippen molar-refractivity contribution in [2.24, 2.45) is 0 Å². The number of carbonyl (C=O) groups is 1. The second kappa shape index (κ2) is 5.83. The Morgan fingerprint density at radius 2 is 1.76 bits per heavy atom. The number of aromatic nitrogens is 1. The number of hydrogen-bond donors (Lipinski definition) is 2. The van der Waals surface area contributed by atoms with Crippen LogP contribution in [0.2, 0.25) is 0 Å². The second-order valence-corrected chi connectivity index (χ2v) is 5.21. The van der Waals surface area contributed by atoms with Gasteiger partial charge in [0, 0.05) is 23.1 Å².